The average molecular weight is 188 g/mol. The highest BCUT2D eigenvalue weighted by Crippen LogP contribution is 2.01. The van der Waals surface area contributed by atoms with Gasteiger partial charge in [0.2, 0.25) is 5.91 Å². The molecular formula is C9H20N2O2. The van der Waals surface area contributed by atoms with Crippen LogP contribution < -0.4 is 5.73 Å². The molecule has 0 atom stereocenters. The van der Waals surface area contributed by atoms with Crippen LogP contribution >= 0.6 is 0 Å². The molecular weight excluding hydrogens is 168 g/mol. The molecule has 4 nitrogen and oxygen atoms in total. The van der Waals surface area contributed by atoms with Gasteiger partial charge < -0.3 is 15.4 Å². The molecule has 0 radical (unpaired) electrons. The van der Waals surface area contributed by atoms with Gasteiger partial charge in [-0.2, -0.15) is 0 Å². The highest BCUT2D eigenvalue weighted by Gasteiger charge is 2.24. The third kappa shape index (κ3) is 4.85. The van der Waals surface area contributed by atoms with E-state index in [0.717, 1.165) is 0 Å². The molecule has 0 saturated carbocycles. The standard InChI is InChI=1S/C9H20N2O2/c1-5-13-7-6-11(4)8(12)9(2,3)10/h5-7,10H2,1-4H3. The Balaban J connectivity index is 3.84. The molecule has 0 saturated heterocycles. The Hall–Kier alpha value is -0.610. The lowest BCUT2D eigenvalue weighted by atomic mass is 10.1. The van der Waals surface area contributed by atoms with Crippen molar-refractivity contribution in [3.63, 3.8) is 0 Å². The van der Waals surface area contributed by atoms with E-state index in [4.69, 9.17) is 10.5 Å². The number of carbonyl (C=O) groups excluding carboxylic acids is 1. The molecule has 4 heteroatoms. The van der Waals surface area contributed by atoms with E-state index in [1.165, 1.54) is 0 Å². The molecule has 0 aromatic heterocycles. The highest BCUT2D eigenvalue weighted by molar-refractivity contribution is 5.84. The Labute approximate surface area is 80.0 Å². The molecule has 0 aliphatic heterocycles. The minimum atomic E-state index is -0.791. The summed E-state index contributed by atoms with van der Waals surface area (Å²) < 4.78 is 5.13. The molecule has 0 aromatic rings. The number of nitrogens with zero attached hydrogens (tertiary/aromatic N) is 1. The first-order valence-electron chi connectivity index (χ1n) is 4.51. The minimum Gasteiger partial charge on any atom is -0.380 e. The van der Waals surface area contributed by atoms with Crippen LogP contribution in [-0.2, 0) is 9.53 Å². The third-order valence-electron chi connectivity index (χ3n) is 1.67. The third-order valence-corrected chi connectivity index (χ3v) is 1.67. The van der Waals surface area contributed by atoms with Crippen molar-refractivity contribution in [2.75, 3.05) is 26.8 Å². The van der Waals surface area contributed by atoms with Crippen LogP contribution in [0.4, 0.5) is 0 Å². The Bertz CT molecular complexity index is 163. The van der Waals surface area contributed by atoms with Crippen molar-refractivity contribution in [2.45, 2.75) is 26.3 Å². The van der Waals surface area contributed by atoms with E-state index in [9.17, 15) is 4.79 Å². The maximum Gasteiger partial charge on any atom is 0.241 e. The molecule has 0 spiro atoms. The second-order valence-corrected chi connectivity index (χ2v) is 3.65. The van der Waals surface area contributed by atoms with Crippen LogP contribution in [0, 0.1) is 0 Å². The maximum absolute atomic E-state index is 11.5. The summed E-state index contributed by atoms with van der Waals surface area (Å²) in [4.78, 5) is 13.1. The average Bonchev–Trinajstić information content (AvgIpc) is 2.01. The van der Waals surface area contributed by atoms with Crippen LogP contribution in [-0.4, -0.2) is 43.2 Å². The number of hydrogen-bond acceptors (Lipinski definition) is 3. The number of carbonyl (C=O) groups is 1. The molecule has 13 heavy (non-hydrogen) atoms. The quantitative estimate of drug-likeness (QED) is 0.628. The van der Waals surface area contributed by atoms with Gasteiger partial charge in [-0.3, -0.25) is 4.79 Å². The van der Waals surface area contributed by atoms with Crippen LogP contribution in [0.2, 0.25) is 0 Å². The van der Waals surface area contributed by atoms with E-state index < -0.39 is 5.54 Å². The van der Waals surface area contributed by atoms with Crippen LogP contribution in [0.25, 0.3) is 0 Å². The fourth-order valence-corrected chi connectivity index (χ4v) is 0.939. The van der Waals surface area contributed by atoms with Gasteiger partial charge >= 0.3 is 0 Å². The highest BCUT2D eigenvalue weighted by atomic mass is 16.5. The fraction of sp³-hybridized carbons (Fsp3) is 0.889. The summed E-state index contributed by atoms with van der Waals surface area (Å²) in [6, 6.07) is 0. The maximum atomic E-state index is 11.5. The second kappa shape index (κ2) is 5.19. The van der Waals surface area contributed by atoms with Gasteiger partial charge in [0.25, 0.3) is 0 Å². The summed E-state index contributed by atoms with van der Waals surface area (Å²) >= 11 is 0. The van der Waals surface area contributed by atoms with Crippen molar-refractivity contribution in [1.29, 1.82) is 0 Å². The largest absolute Gasteiger partial charge is 0.380 e. The van der Waals surface area contributed by atoms with Gasteiger partial charge in [0.05, 0.1) is 12.1 Å². The zero-order valence-corrected chi connectivity index (χ0v) is 8.96. The first-order valence-corrected chi connectivity index (χ1v) is 4.51. The number of ether oxygens (including phenoxy) is 1. The Kier molecular flexibility index (Phi) is 4.95. The molecule has 0 unspecified atom stereocenters. The molecule has 0 heterocycles. The summed E-state index contributed by atoms with van der Waals surface area (Å²) in [5.74, 6) is -0.0628. The minimum absolute atomic E-state index is 0.0628. The fourth-order valence-electron chi connectivity index (χ4n) is 0.939. The molecule has 1 amide bonds. The predicted octanol–water partition coefficient (Wildman–Crippen LogP) is 0.219. The van der Waals surface area contributed by atoms with E-state index >= 15 is 0 Å². The van der Waals surface area contributed by atoms with Gasteiger partial charge in [-0.15, -0.1) is 0 Å². The lowest BCUT2D eigenvalue weighted by Crippen LogP contribution is -2.50. The molecule has 0 rings (SSSR count). The lowest BCUT2D eigenvalue weighted by Gasteiger charge is -2.25. The number of hydrogen-bond donors (Lipinski definition) is 1. The monoisotopic (exact) mass is 188 g/mol. The van der Waals surface area contributed by atoms with Gasteiger partial charge in [0.15, 0.2) is 0 Å². The molecule has 0 fully saturated rings. The van der Waals surface area contributed by atoms with Gasteiger partial charge in [-0.1, -0.05) is 0 Å². The first kappa shape index (κ1) is 12.4. The molecule has 0 aliphatic carbocycles. The zero-order valence-electron chi connectivity index (χ0n) is 8.96. The lowest BCUT2D eigenvalue weighted by molar-refractivity contribution is -0.135. The van der Waals surface area contributed by atoms with E-state index in [0.29, 0.717) is 19.8 Å². The summed E-state index contributed by atoms with van der Waals surface area (Å²) in [6.45, 7) is 7.16. The number of amides is 1. The summed E-state index contributed by atoms with van der Waals surface area (Å²) in [5, 5.41) is 0. The van der Waals surface area contributed by atoms with Gasteiger partial charge in [-0.05, 0) is 20.8 Å². The van der Waals surface area contributed by atoms with E-state index in [2.05, 4.69) is 0 Å². The van der Waals surface area contributed by atoms with Gasteiger partial charge in [0.1, 0.15) is 0 Å². The molecule has 78 valence electrons. The number of rotatable bonds is 5. The van der Waals surface area contributed by atoms with Crippen LogP contribution in [0.15, 0.2) is 0 Å². The molecule has 0 aromatic carbocycles. The van der Waals surface area contributed by atoms with Crippen molar-refractivity contribution in [3.8, 4) is 0 Å². The van der Waals surface area contributed by atoms with E-state index in [1.54, 1.807) is 25.8 Å². The second-order valence-electron chi connectivity index (χ2n) is 3.65. The zero-order chi connectivity index (χ0) is 10.5. The number of nitrogens with two attached hydrogens (primary N) is 1. The van der Waals surface area contributed by atoms with Gasteiger partial charge in [0, 0.05) is 20.2 Å². The first-order chi connectivity index (χ1) is 5.89. The summed E-state index contributed by atoms with van der Waals surface area (Å²) in [6.07, 6.45) is 0. The van der Waals surface area contributed by atoms with Crippen molar-refractivity contribution in [1.82, 2.24) is 4.90 Å². The van der Waals surface area contributed by atoms with E-state index in [1.807, 2.05) is 6.92 Å². The SMILES string of the molecule is CCOCCN(C)C(=O)C(C)(C)N. The Morgan fingerprint density at radius 1 is 1.54 bits per heavy atom. The molecule has 2 N–H and O–H groups in total. The topological polar surface area (TPSA) is 55.6 Å². The van der Waals surface area contributed by atoms with Crippen molar-refractivity contribution in [2.24, 2.45) is 5.73 Å². The summed E-state index contributed by atoms with van der Waals surface area (Å²) in [7, 11) is 1.73. The summed E-state index contributed by atoms with van der Waals surface area (Å²) in [5.41, 5.74) is 4.86. The van der Waals surface area contributed by atoms with Crippen LogP contribution in [0.3, 0.4) is 0 Å². The number of likely N-dealkylation sites (N-methyl/N-ethyl adjacent to an activating group) is 1. The van der Waals surface area contributed by atoms with Crippen LogP contribution in [0.1, 0.15) is 20.8 Å². The van der Waals surface area contributed by atoms with Crippen LogP contribution in [0.5, 0.6) is 0 Å². The van der Waals surface area contributed by atoms with Gasteiger partial charge in [-0.25, -0.2) is 0 Å². The van der Waals surface area contributed by atoms with Crippen molar-refractivity contribution in [3.05, 3.63) is 0 Å². The Morgan fingerprint density at radius 3 is 2.46 bits per heavy atom. The smallest absolute Gasteiger partial charge is 0.241 e. The van der Waals surface area contributed by atoms with Crippen molar-refractivity contribution < 1.29 is 9.53 Å². The van der Waals surface area contributed by atoms with Crippen molar-refractivity contribution >= 4 is 5.91 Å². The normalized spacial score (nSPS) is 11.5. The molecule has 0 aliphatic rings. The van der Waals surface area contributed by atoms with E-state index in [-0.39, 0.29) is 5.91 Å². The Morgan fingerprint density at radius 2 is 2.08 bits per heavy atom. The predicted molar refractivity (Wildman–Crippen MR) is 52.4 cm³/mol. The molecule has 0 bridgehead atoms.